The van der Waals surface area contributed by atoms with Crippen LogP contribution in [0.5, 0.6) is 0 Å². The van der Waals surface area contributed by atoms with E-state index < -0.39 is 0 Å². The first-order chi connectivity index (χ1) is 7.74. The molecule has 0 N–H and O–H groups in total. The van der Waals surface area contributed by atoms with Gasteiger partial charge in [-0.05, 0) is 18.6 Å². The molecule has 1 atom stereocenters. The van der Waals surface area contributed by atoms with E-state index in [0.29, 0.717) is 18.5 Å². The van der Waals surface area contributed by atoms with E-state index in [9.17, 15) is 4.39 Å². The largest absolute Gasteiger partial charge is 0.377 e. The fourth-order valence-corrected chi connectivity index (χ4v) is 2.50. The van der Waals surface area contributed by atoms with Crippen molar-refractivity contribution in [3.8, 4) is 0 Å². The van der Waals surface area contributed by atoms with Gasteiger partial charge in [-0.15, -0.1) is 0 Å². The highest BCUT2D eigenvalue weighted by Gasteiger charge is 2.23. The van der Waals surface area contributed by atoms with Crippen LogP contribution in [0.4, 0.5) is 10.1 Å². The highest BCUT2D eigenvalue weighted by molar-refractivity contribution is 9.08. The maximum absolute atomic E-state index is 13.9. The van der Waals surface area contributed by atoms with Gasteiger partial charge in [0.05, 0.1) is 18.9 Å². The summed E-state index contributed by atoms with van der Waals surface area (Å²) in [4.78, 5) is 2.09. The van der Waals surface area contributed by atoms with Crippen LogP contribution >= 0.6 is 15.9 Å². The normalized spacial score (nSPS) is 21.2. The van der Waals surface area contributed by atoms with Crippen LogP contribution in [0.2, 0.25) is 0 Å². The molecule has 0 aliphatic carbocycles. The molecule has 0 bridgehead atoms. The van der Waals surface area contributed by atoms with Crippen molar-refractivity contribution < 1.29 is 9.13 Å². The number of morpholine rings is 1. The second-order valence-electron chi connectivity index (χ2n) is 4.00. The third kappa shape index (κ3) is 2.23. The average molecular weight is 288 g/mol. The number of nitrogens with zero attached hydrogens (tertiary/aromatic N) is 1. The molecule has 0 amide bonds. The van der Waals surface area contributed by atoms with E-state index in [4.69, 9.17) is 4.74 Å². The average Bonchev–Trinajstić information content (AvgIpc) is 2.30. The minimum Gasteiger partial charge on any atom is -0.377 e. The fraction of sp³-hybridized carbons (Fsp3) is 0.500. The summed E-state index contributed by atoms with van der Waals surface area (Å²) in [6.45, 7) is 4.14. The zero-order valence-corrected chi connectivity index (χ0v) is 10.8. The number of anilines is 1. The summed E-state index contributed by atoms with van der Waals surface area (Å²) >= 11 is 3.40. The predicted molar refractivity (Wildman–Crippen MR) is 66.7 cm³/mol. The molecule has 1 aromatic carbocycles. The standard InChI is InChI=1S/C12H15BrFNO/c1-9-8-16-6-5-15(9)12-10(7-13)3-2-4-11(12)14/h2-4,9H,5-8H2,1H3. The highest BCUT2D eigenvalue weighted by Crippen LogP contribution is 2.29. The molecule has 0 spiro atoms. The summed E-state index contributed by atoms with van der Waals surface area (Å²) in [6.07, 6.45) is 0. The topological polar surface area (TPSA) is 12.5 Å². The van der Waals surface area contributed by atoms with Crippen LogP contribution in [0.15, 0.2) is 18.2 Å². The highest BCUT2D eigenvalue weighted by atomic mass is 79.9. The number of ether oxygens (including phenoxy) is 1. The maximum atomic E-state index is 13.9. The van der Waals surface area contributed by atoms with Crippen molar-refractivity contribution in [1.29, 1.82) is 0 Å². The Bertz CT molecular complexity index is 372. The summed E-state index contributed by atoms with van der Waals surface area (Å²) in [7, 11) is 0. The molecule has 0 aromatic heterocycles. The summed E-state index contributed by atoms with van der Waals surface area (Å²) in [6, 6.07) is 5.45. The molecule has 2 nitrogen and oxygen atoms in total. The first-order valence-corrected chi connectivity index (χ1v) is 6.54. The maximum Gasteiger partial charge on any atom is 0.146 e. The third-order valence-electron chi connectivity index (χ3n) is 2.87. The minimum atomic E-state index is -0.147. The van der Waals surface area contributed by atoms with E-state index in [0.717, 1.165) is 17.8 Å². The molecule has 1 aliphatic heterocycles. The number of para-hydroxylation sites is 1. The minimum absolute atomic E-state index is 0.147. The molecular weight excluding hydrogens is 273 g/mol. The van der Waals surface area contributed by atoms with Crippen molar-refractivity contribution in [3.63, 3.8) is 0 Å². The molecule has 1 aliphatic rings. The molecular formula is C12H15BrFNO. The van der Waals surface area contributed by atoms with Crippen LogP contribution in [0, 0.1) is 5.82 Å². The number of benzene rings is 1. The Kier molecular flexibility index (Phi) is 3.82. The third-order valence-corrected chi connectivity index (χ3v) is 3.47. The molecule has 0 radical (unpaired) electrons. The van der Waals surface area contributed by atoms with Crippen molar-refractivity contribution in [3.05, 3.63) is 29.6 Å². The Morgan fingerprint density at radius 2 is 2.38 bits per heavy atom. The Hall–Kier alpha value is -0.610. The van der Waals surface area contributed by atoms with Crippen LogP contribution in [-0.4, -0.2) is 25.8 Å². The predicted octanol–water partition coefficient (Wildman–Crippen LogP) is 2.95. The van der Waals surface area contributed by atoms with Crippen molar-refractivity contribution in [1.82, 2.24) is 0 Å². The van der Waals surface area contributed by atoms with E-state index in [1.165, 1.54) is 6.07 Å². The van der Waals surface area contributed by atoms with E-state index in [1.807, 2.05) is 6.07 Å². The Morgan fingerprint density at radius 1 is 1.56 bits per heavy atom. The Morgan fingerprint density at radius 3 is 3.06 bits per heavy atom. The molecule has 0 saturated carbocycles. The number of halogens is 2. The molecule has 1 heterocycles. The van der Waals surface area contributed by atoms with Crippen LogP contribution in [0.1, 0.15) is 12.5 Å². The summed E-state index contributed by atoms with van der Waals surface area (Å²) < 4.78 is 19.3. The zero-order chi connectivity index (χ0) is 11.5. The van der Waals surface area contributed by atoms with Crippen LogP contribution in [0.25, 0.3) is 0 Å². The SMILES string of the molecule is CC1COCCN1c1c(F)cccc1CBr. The number of alkyl halides is 1. The van der Waals surface area contributed by atoms with Crippen molar-refractivity contribution in [2.45, 2.75) is 18.3 Å². The number of rotatable bonds is 2. The lowest BCUT2D eigenvalue weighted by Crippen LogP contribution is -2.44. The lowest BCUT2D eigenvalue weighted by atomic mass is 10.1. The van der Waals surface area contributed by atoms with Gasteiger partial charge in [-0.3, -0.25) is 0 Å². The van der Waals surface area contributed by atoms with Gasteiger partial charge in [0.15, 0.2) is 0 Å². The second-order valence-corrected chi connectivity index (χ2v) is 4.56. The van der Waals surface area contributed by atoms with Crippen LogP contribution in [-0.2, 0) is 10.1 Å². The molecule has 2 rings (SSSR count). The van der Waals surface area contributed by atoms with Gasteiger partial charge in [0.2, 0.25) is 0 Å². The molecule has 16 heavy (non-hydrogen) atoms. The number of hydrogen-bond acceptors (Lipinski definition) is 2. The Labute approximate surface area is 104 Å². The fourth-order valence-electron chi connectivity index (χ4n) is 2.05. The van der Waals surface area contributed by atoms with Gasteiger partial charge in [0, 0.05) is 17.9 Å². The molecule has 4 heteroatoms. The molecule has 88 valence electrons. The number of hydrogen-bond donors (Lipinski definition) is 0. The summed E-state index contributed by atoms with van der Waals surface area (Å²) in [5.41, 5.74) is 1.71. The monoisotopic (exact) mass is 287 g/mol. The Balaban J connectivity index is 2.37. The van der Waals surface area contributed by atoms with Gasteiger partial charge in [-0.1, -0.05) is 28.1 Å². The molecule has 1 fully saturated rings. The van der Waals surface area contributed by atoms with Gasteiger partial charge in [0.25, 0.3) is 0 Å². The van der Waals surface area contributed by atoms with Gasteiger partial charge >= 0.3 is 0 Å². The van der Waals surface area contributed by atoms with Crippen molar-refractivity contribution in [2.24, 2.45) is 0 Å². The van der Waals surface area contributed by atoms with E-state index in [1.54, 1.807) is 6.07 Å². The smallest absolute Gasteiger partial charge is 0.146 e. The van der Waals surface area contributed by atoms with Gasteiger partial charge in [-0.25, -0.2) is 4.39 Å². The van der Waals surface area contributed by atoms with Gasteiger partial charge < -0.3 is 9.64 Å². The molecule has 1 aromatic rings. The van der Waals surface area contributed by atoms with E-state index >= 15 is 0 Å². The lowest BCUT2D eigenvalue weighted by Gasteiger charge is -2.36. The van der Waals surface area contributed by atoms with Gasteiger partial charge in [-0.2, -0.15) is 0 Å². The van der Waals surface area contributed by atoms with Gasteiger partial charge in [0.1, 0.15) is 5.82 Å². The van der Waals surface area contributed by atoms with Crippen molar-refractivity contribution in [2.75, 3.05) is 24.7 Å². The lowest BCUT2D eigenvalue weighted by molar-refractivity contribution is 0.0985. The summed E-state index contributed by atoms with van der Waals surface area (Å²) in [5, 5.41) is 0.671. The quantitative estimate of drug-likeness (QED) is 0.776. The summed E-state index contributed by atoms with van der Waals surface area (Å²) in [5.74, 6) is -0.147. The second kappa shape index (κ2) is 5.15. The zero-order valence-electron chi connectivity index (χ0n) is 9.25. The van der Waals surface area contributed by atoms with Crippen molar-refractivity contribution >= 4 is 21.6 Å². The van der Waals surface area contributed by atoms with Crippen LogP contribution in [0.3, 0.4) is 0 Å². The van der Waals surface area contributed by atoms with E-state index in [-0.39, 0.29) is 11.9 Å². The molecule has 1 saturated heterocycles. The van der Waals surface area contributed by atoms with E-state index in [2.05, 4.69) is 27.8 Å². The van der Waals surface area contributed by atoms with Crippen LogP contribution < -0.4 is 4.90 Å². The first-order valence-electron chi connectivity index (χ1n) is 5.41. The first kappa shape index (κ1) is 11.9. The molecule has 1 unspecified atom stereocenters.